The number of carbonyl (C=O) groups excluding carboxylic acids is 1. The Bertz CT molecular complexity index is 690. The van der Waals surface area contributed by atoms with Gasteiger partial charge in [0.2, 0.25) is 5.91 Å². The van der Waals surface area contributed by atoms with Crippen molar-refractivity contribution in [3.05, 3.63) is 53.1 Å². The van der Waals surface area contributed by atoms with Crippen LogP contribution in [0.2, 0.25) is 5.02 Å². The van der Waals surface area contributed by atoms with Crippen molar-refractivity contribution in [3.63, 3.8) is 0 Å². The summed E-state index contributed by atoms with van der Waals surface area (Å²) < 4.78 is 0. The maximum Gasteiger partial charge on any atom is 0.237 e. The van der Waals surface area contributed by atoms with Gasteiger partial charge in [0.05, 0.1) is 16.0 Å². The number of rotatable bonds is 2. The smallest absolute Gasteiger partial charge is 0.237 e. The molecule has 1 amide bonds. The van der Waals surface area contributed by atoms with Crippen LogP contribution < -0.4 is 11.1 Å². The molecular formula is C16H15ClN2OS. The highest BCUT2D eigenvalue weighted by molar-refractivity contribution is 8.00. The lowest BCUT2D eigenvalue weighted by Gasteiger charge is -2.13. The zero-order valence-electron chi connectivity index (χ0n) is 11.3. The number of carbonyl (C=O) groups is 1. The summed E-state index contributed by atoms with van der Waals surface area (Å²) in [5.74, 6) is 0.0397. The van der Waals surface area contributed by atoms with E-state index in [4.69, 9.17) is 17.3 Å². The molecule has 2 aromatic carbocycles. The van der Waals surface area contributed by atoms with Gasteiger partial charge < -0.3 is 11.1 Å². The van der Waals surface area contributed by atoms with Crippen LogP contribution in [0.3, 0.4) is 0 Å². The number of benzene rings is 2. The minimum Gasteiger partial charge on any atom is -0.398 e. The zero-order valence-corrected chi connectivity index (χ0v) is 12.9. The van der Waals surface area contributed by atoms with Crippen LogP contribution in [0.5, 0.6) is 0 Å². The van der Waals surface area contributed by atoms with Crippen molar-refractivity contribution in [1.82, 2.24) is 0 Å². The second-order valence-corrected chi connectivity index (χ2v) is 6.66. The molecule has 0 radical (unpaired) electrons. The molecule has 108 valence electrons. The van der Waals surface area contributed by atoms with Gasteiger partial charge in [0.25, 0.3) is 0 Å². The van der Waals surface area contributed by atoms with Crippen LogP contribution in [0.15, 0.2) is 47.4 Å². The van der Waals surface area contributed by atoms with Gasteiger partial charge in [-0.05, 0) is 42.7 Å². The number of nitrogens with one attached hydrogen (secondary N) is 1. The summed E-state index contributed by atoms with van der Waals surface area (Å²) in [6.45, 7) is 0. The van der Waals surface area contributed by atoms with Gasteiger partial charge in [0, 0.05) is 10.6 Å². The molecule has 0 aromatic heterocycles. The number of hydrogen-bond acceptors (Lipinski definition) is 3. The average molecular weight is 319 g/mol. The van der Waals surface area contributed by atoms with Crippen LogP contribution in [0.25, 0.3) is 0 Å². The molecule has 1 aliphatic heterocycles. The normalized spacial score (nSPS) is 17.8. The Morgan fingerprint density at radius 3 is 2.86 bits per heavy atom. The third-order valence-electron chi connectivity index (χ3n) is 3.49. The quantitative estimate of drug-likeness (QED) is 0.824. The van der Waals surface area contributed by atoms with Gasteiger partial charge in [-0.25, -0.2) is 0 Å². The van der Waals surface area contributed by atoms with Crippen LogP contribution in [0, 0.1) is 0 Å². The highest BCUT2D eigenvalue weighted by atomic mass is 35.5. The molecule has 0 bridgehead atoms. The average Bonchev–Trinajstić information content (AvgIpc) is 2.63. The minimum atomic E-state index is -0.128. The number of fused-ring (bicyclic) bond motifs is 1. The van der Waals surface area contributed by atoms with E-state index in [9.17, 15) is 4.79 Å². The lowest BCUT2D eigenvalue weighted by molar-refractivity contribution is -0.115. The van der Waals surface area contributed by atoms with E-state index in [1.807, 2.05) is 30.3 Å². The van der Waals surface area contributed by atoms with Gasteiger partial charge in [-0.2, -0.15) is 0 Å². The molecule has 0 spiro atoms. The first-order valence-electron chi connectivity index (χ1n) is 6.74. The Labute approximate surface area is 132 Å². The number of nitrogen functional groups attached to an aromatic ring is 1. The second-order valence-electron chi connectivity index (χ2n) is 4.97. The van der Waals surface area contributed by atoms with Gasteiger partial charge in [0.15, 0.2) is 0 Å². The largest absolute Gasteiger partial charge is 0.398 e. The van der Waals surface area contributed by atoms with Crippen molar-refractivity contribution in [2.75, 3.05) is 11.1 Å². The Morgan fingerprint density at radius 2 is 2.05 bits per heavy atom. The van der Waals surface area contributed by atoms with Crippen molar-refractivity contribution < 1.29 is 4.79 Å². The van der Waals surface area contributed by atoms with Gasteiger partial charge >= 0.3 is 0 Å². The number of amides is 1. The Morgan fingerprint density at radius 1 is 1.24 bits per heavy atom. The van der Waals surface area contributed by atoms with E-state index in [-0.39, 0.29) is 11.2 Å². The maximum absolute atomic E-state index is 12.3. The fourth-order valence-electron chi connectivity index (χ4n) is 2.35. The van der Waals surface area contributed by atoms with E-state index in [2.05, 4.69) is 11.4 Å². The topological polar surface area (TPSA) is 55.1 Å². The van der Waals surface area contributed by atoms with Crippen molar-refractivity contribution in [2.45, 2.75) is 23.0 Å². The predicted molar refractivity (Wildman–Crippen MR) is 88.9 cm³/mol. The molecular weight excluding hydrogens is 304 g/mol. The first kappa shape index (κ1) is 14.3. The van der Waals surface area contributed by atoms with Gasteiger partial charge in [-0.15, -0.1) is 11.8 Å². The summed E-state index contributed by atoms with van der Waals surface area (Å²) in [4.78, 5) is 13.3. The van der Waals surface area contributed by atoms with Crippen LogP contribution >= 0.6 is 23.4 Å². The van der Waals surface area contributed by atoms with E-state index in [1.54, 1.807) is 6.07 Å². The number of thioether (sulfide) groups is 1. The molecule has 2 aromatic rings. The van der Waals surface area contributed by atoms with Gasteiger partial charge in [-0.1, -0.05) is 29.8 Å². The van der Waals surface area contributed by atoms with Gasteiger partial charge in [0.1, 0.15) is 0 Å². The summed E-state index contributed by atoms with van der Waals surface area (Å²) in [5, 5.41) is 3.40. The third kappa shape index (κ3) is 3.17. The minimum absolute atomic E-state index is 0.0397. The maximum atomic E-state index is 12.3. The standard InChI is InChI=1S/C16H15ClN2OS/c17-12-9-11(6-7-13(12)18)21-15-8-5-10-3-1-2-4-14(10)19-16(15)20/h1-4,6-7,9,15H,5,8,18H2,(H,19,20). The predicted octanol–water partition coefficient (Wildman–Crippen LogP) is 3.97. The Kier molecular flexibility index (Phi) is 4.08. The van der Waals surface area contributed by atoms with Gasteiger partial charge in [-0.3, -0.25) is 4.79 Å². The Balaban J connectivity index is 1.78. The molecule has 1 unspecified atom stereocenters. The number of nitrogens with two attached hydrogens (primary N) is 1. The molecule has 5 heteroatoms. The van der Waals surface area contributed by atoms with Crippen LogP contribution in [-0.4, -0.2) is 11.2 Å². The van der Waals surface area contributed by atoms with Crippen molar-refractivity contribution in [3.8, 4) is 0 Å². The molecule has 0 saturated heterocycles. The molecule has 0 aliphatic carbocycles. The number of halogens is 1. The fourth-order valence-corrected chi connectivity index (χ4v) is 3.66. The van der Waals surface area contributed by atoms with E-state index < -0.39 is 0 Å². The fraction of sp³-hybridized carbons (Fsp3) is 0.188. The van der Waals surface area contributed by atoms with E-state index in [0.29, 0.717) is 10.7 Å². The highest BCUT2D eigenvalue weighted by Gasteiger charge is 2.24. The third-order valence-corrected chi connectivity index (χ3v) is 5.08. The monoisotopic (exact) mass is 318 g/mol. The first-order valence-corrected chi connectivity index (χ1v) is 8.00. The lowest BCUT2D eigenvalue weighted by atomic mass is 10.1. The first-order chi connectivity index (χ1) is 10.1. The van der Waals surface area contributed by atoms with E-state index >= 15 is 0 Å². The molecule has 1 aliphatic rings. The number of anilines is 2. The van der Waals surface area contributed by atoms with Crippen molar-refractivity contribution in [1.29, 1.82) is 0 Å². The van der Waals surface area contributed by atoms with E-state index in [0.717, 1.165) is 23.4 Å². The highest BCUT2D eigenvalue weighted by Crippen LogP contribution is 2.33. The second kappa shape index (κ2) is 6.00. The van der Waals surface area contributed by atoms with Crippen LogP contribution in [0.4, 0.5) is 11.4 Å². The number of aryl methyl sites for hydroxylation is 1. The zero-order chi connectivity index (χ0) is 14.8. The van der Waals surface area contributed by atoms with Crippen molar-refractivity contribution in [2.24, 2.45) is 0 Å². The lowest BCUT2D eigenvalue weighted by Crippen LogP contribution is -2.23. The molecule has 0 fully saturated rings. The number of para-hydroxylation sites is 1. The molecule has 0 saturated carbocycles. The molecule has 1 heterocycles. The Hall–Kier alpha value is -1.65. The SMILES string of the molecule is Nc1ccc(SC2CCc3ccccc3NC2=O)cc1Cl. The summed E-state index contributed by atoms with van der Waals surface area (Å²) in [5.41, 5.74) is 8.37. The molecule has 1 atom stereocenters. The van der Waals surface area contributed by atoms with Crippen molar-refractivity contribution >= 4 is 40.6 Å². The number of hydrogen-bond donors (Lipinski definition) is 2. The molecule has 3 N–H and O–H groups in total. The van der Waals surface area contributed by atoms with Crippen LogP contribution in [0.1, 0.15) is 12.0 Å². The van der Waals surface area contributed by atoms with E-state index in [1.165, 1.54) is 17.3 Å². The summed E-state index contributed by atoms with van der Waals surface area (Å²) in [6, 6.07) is 13.4. The molecule has 3 nitrogen and oxygen atoms in total. The summed E-state index contributed by atoms with van der Waals surface area (Å²) in [7, 11) is 0. The van der Waals surface area contributed by atoms with Crippen LogP contribution in [-0.2, 0) is 11.2 Å². The summed E-state index contributed by atoms with van der Waals surface area (Å²) in [6.07, 6.45) is 1.69. The summed E-state index contributed by atoms with van der Waals surface area (Å²) >= 11 is 7.56. The molecule has 21 heavy (non-hydrogen) atoms. The molecule has 3 rings (SSSR count).